The van der Waals surface area contributed by atoms with E-state index >= 15 is 0 Å². The molecule has 1 N–H and O–H groups in total. The molecule has 3 saturated carbocycles. The summed E-state index contributed by atoms with van der Waals surface area (Å²) in [4.78, 5) is 0. The Hall–Kier alpha value is -0.300. The van der Waals surface area contributed by atoms with E-state index in [-0.39, 0.29) is 6.10 Å². The van der Waals surface area contributed by atoms with Crippen LogP contribution in [-0.2, 0) is 0 Å². The highest BCUT2D eigenvalue weighted by atomic mass is 16.3. The molecule has 1 heteroatoms. The number of aliphatic hydroxyl groups excluding tert-OH is 1. The number of allylic oxidation sites excluding steroid dienone is 1. The minimum Gasteiger partial charge on any atom is -0.393 e. The highest BCUT2D eigenvalue weighted by molar-refractivity contribution is 5.25. The summed E-state index contributed by atoms with van der Waals surface area (Å²) in [6.07, 6.45) is 17.1. The predicted molar refractivity (Wildman–Crippen MR) is 128 cm³/mol. The van der Waals surface area contributed by atoms with Crippen molar-refractivity contribution in [3.05, 3.63) is 11.6 Å². The van der Waals surface area contributed by atoms with Gasteiger partial charge >= 0.3 is 0 Å². The topological polar surface area (TPSA) is 20.2 Å². The maximum absolute atomic E-state index is 10.2. The molecule has 4 aliphatic carbocycles. The van der Waals surface area contributed by atoms with Gasteiger partial charge in [0.25, 0.3) is 0 Å². The molecule has 30 heavy (non-hydrogen) atoms. The van der Waals surface area contributed by atoms with E-state index in [0.29, 0.717) is 10.8 Å². The quantitative estimate of drug-likeness (QED) is 0.436. The van der Waals surface area contributed by atoms with Crippen molar-refractivity contribution in [2.75, 3.05) is 0 Å². The van der Waals surface area contributed by atoms with Crippen molar-refractivity contribution in [2.45, 2.75) is 118 Å². The minimum atomic E-state index is -0.0794. The van der Waals surface area contributed by atoms with Crippen LogP contribution in [0.25, 0.3) is 0 Å². The normalized spacial score (nSPS) is 45.3. The SMILES string of the molecule is CC[C@H](CCC(C)[C@H]1CC[C@H]2[C@@H]3CC=C4C[C@@H](O)CC[C@]4(C)[C@H]3CC[C@]12C)C(C)C. The Morgan fingerprint density at radius 3 is 2.47 bits per heavy atom. The van der Waals surface area contributed by atoms with Crippen LogP contribution < -0.4 is 0 Å². The Labute approximate surface area is 187 Å². The van der Waals surface area contributed by atoms with Crippen LogP contribution in [0, 0.1) is 52.3 Å². The molecule has 0 radical (unpaired) electrons. The summed E-state index contributed by atoms with van der Waals surface area (Å²) in [7, 11) is 0. The molecular weight excluding hydrogens is 364 g/mol. The third kappa shape index (κ3) is 3.74. The third-order valence-electron chi connectivity index (χ3n) is 11.3. The Morgan fingerprint density at radius 1 is 1.00 bits per heavy atom. The molecule has 0 amide bonds. The standard InChI is InChI=1S/C29H50O/c1-7-21(19(2)3)9-8-20(4)25-12-13-26-24-11-10-22-18-23(30)14-16-28(22,5)27(24)15-17-29(25,26)6/h10,19-21,23-27,30H,7-9,11-18H2,1-6H3/t20?,21-,23+,24+,25-,26+,27+,28+,29-/m1/s1. The van der Waals surface area contributed by atoms with Gasteiger partial charge in [0.15, 0.2) is 0 Å². The van der Waals surface area contributed by atoms with Gasteiger partial charge in [-0.15, -0.1) is 0 Å². The van der Waals surface area contributed by atoms with Gasteiger partial charge in [-0.25, -0.2) is 0 Å². The molecule has 9 atom stereocenters. The highest BCUT2D eigenvalue weighted by Crippen LogP contribution is 2.67. The minimum absolute atomic E-state index is 0.0794. The molecule has 3 fully saturated rings. The van der Waals surface area contributed by atoms with Gasteiger partial charge in [0.2, 0.25) is 0 Å². The Morgan fingerprint density at radius 2 is 1.77 bits per heavy atom. The molecule has 1 nitrogen and oxygen atoms in total. The van der Waals surface area contributed by atoms with Crippen molar-refractivity contribution in [1.82, 2.24) is 0 Å². The second-order valence-corrected chi connectivity index (χ2v) is 12.9. The van der Waals surface area contributed by atoms with Crippen molar-refractivity contribution in [1.29, 1.82) is 0 Å². The van der Waals surface area contributed by atoms with Gasteiger partial charge in [0.1, 0.15) is 0 Å². The molecule has 0 saturated heterocycles. The summed E-state index contributed by atoms with van der Waals surface area (Å²) in [5.74, 6) is 6.31. The van der Waals surface area contributed by atoms with E-state index in [9.17, 15) is 5.11 Å². The molecular formula is C29H50O. The Bertz CT molecular complexity index is 634. The van der Waals surface area contributed by atoms with Gasteiger partial charge < -0.3 is 5.11 Å². The Kier molecular flexibility index (Phi) is 6.53. The first-order valence-corrected chi connectivity index (χ1v) is 13.6. The number of hydrogen-bond donors (Lipinski definition) is 1. The third-order valence-corrected chi connectivity index (χ3v) is 11.3. The first kappa shape index (κ1) is 22.9. The van der Waals surface area contributed by atoms with E-state index in [1.54, 1.807) is 5.57 Å². The molecule has 0 aromatic carbocycles. The van der Waals surface area contributed by atoms with E-state index < -0.39 is 0 Å². The van der Waals surface area contributed by atoms with Crippen molar-refractivity contribution < 1.29 is 5.11 Å². The molecule has 0 bridgehead atoms. The zero-order valence-corrected chi connectivity index (χ0v) is 20.9. The maximum atomic E-state index is 10.2. The van der Waals surface area contributed by atoms with Gasteiger partial charge in [0.05, 0.1) is 6.10 Å². The number of hydrogen-bond acceptors (Lipinski definition) is 1. The summed E-state index contributed by atoms with van der Waals surface area (Å²) in [6, 6.07) is 0. The summed E-state index contributed by atoms with van der Waals surface area (Å²) in [5.41, 5.74) is 2.59. The number of aliphatic hydroxyl groups is 1. The van der Waals surface area contributed by atoms with Crippen molar-refractivity contribution in [3.8, 4) is 0 Å². The average Bonchev–Trinajstić information content (AvgIpc) is 3.06. The molecule has 4 aliphatic rings. The van der Waals surface area contributed by atoms with Gasteiger partial charge in [-0.3, -0.25) is 0 Å². The first-order chi connectivity index (χ1) is 14.2. The average molecular weight is 415 g/mol. The fraction of sp³-hybridized carbons (Fsp3) is 0.931. The summed E-state index contributed by atoms with van der Waals surface area (Å²) < 4.78 is 0. The van der Waals surface area contributed by atoms with Crippen LogP contribution >= 0.6 is 0 Å². The van der Waals surface area contributed by atoms with Crippen LogP contribution in [0.3, 0.4) is 0 Å². The molecule has 172 valence electrons. The fourth-order valence-electron chi connectivity index (χ4n) is 9.30. The largest absolute Gasteiger partial charge is 0.393 e. The Balaban J connectivity index is 1.47. The first-order valence-electron chi connectivity index (χ1n) is 13.6. The monoisotopic (exact) mass is 414 g/mol. The van der Waals surface area contributed by atoms with E-state index in [4.69, 9.17) is 0 Å². The molecule has 0 heterocycles. The fourth-order valence-corrected chi connectivity index (χ4v) is 9.30. The van der Waals surface area contributed by atoms with Crippen LogP contribution in [0.15, 0.2) is 11.6 Å². The lowest BCUT2D eigenvalue weighted by Crippen LogP contribution is -2.50. The maximum Gasteiger partial charge on any atom is 0.0577 e. The molecule has 0 aliphatic heterocycles. The lowest BCUT2D eigenvalue weighted by atomic mass is 9.47. The predicted octanol–water partition coefficient (Wildman–Crippen LogP) is 8.02. The van der Waals surface area contributed by atoms with Crippen molar-refractivity contribution in [2.24, 2.45) is 52.3 Å². The lowest BCUT2D eigenvalue weighted by molar-refractivity contribution is -0.0575. The molecule has 1 unspecified atom stereocenters. The van der Waals surface area contributed by atoms with Crippen LogP contribution in [-0.4, -0.2) is 11.2 Å². The second kappa shape index (κ2) is 8.57. The van der Waals surface area contributed by atoms with Gasteiger partial charge in [-0.2, -0.15) is 0 Å². The van der Waals surface area contributed by atoms with E-state index in [1.807, 2.05) is 0 Å². The second-order valence-electron chi connectivity index (χ2n) is 12.9. The molecule has 0 aromatic rings. The molecule has 4 rings (SSSR count). The summed E-state index contributed by atoms with van der Waals surface area (Å²) in [6.45, 7) is 15.1. The van der Waals surface area contributed by atoms with Gasteiger partial charge in [-0.1, -0.05) is 66.0 Å². The zero-order chi connectivity index (χ0) is 21.7. The zero-order valence-electron chi connectivity index (χ0n) is 20.9. The smallest absolute Gasteiger partial charge is 0.0577 e. The summed E-state index contributed by atoms with van der Waals surface area (Å²) >= 11 is 0. The van der Waals surface area contributed by atoms with Gasteiger partial charge in [-0.05, 0) is 110 Å². The van der Waals surface area contributed by atoms with Crippen LogP contribution in [0.4, 0.5) is 0 Å². The molecule has 0 spiro atoms. The lowest BCUT2D eigenvalue weighted by Gasteiger charge is -2.58. The highest BCUT2D eigenvalue weighted by Gasteiger charge is 2.59. The number of fused-ring (bicyclic) bond motifs is 5. The summed E-state index contributed by atoms with van der Waals surface area (Å²) in [5, 5.41) is 10.2. The van der Waals surface area contributed by atoms with Crippen LogP contribution in [0.1, 0.15) is 112 Å². The van der Waals surface area contributed by atoms with Crippen LogP contribution in [0.2, 0.25) is 0 Å². The van der Waals surface area contributed by atoms with Crippen LogP contribution in [0.5, 0.6) is 0 Å². The number of rotatable bonds is 6. The van der Waals surface area contributed by atoms with Crippen molar-refractivity contribution in [3.63, 3.8) is 0 Å². The molecule has 0 aromatic heterocycles. The van der Waals surface area contributed by atoms with E-state index in [2.05, 4.69) is 47.6 Å². The van der Waals surface area contributed by atoms with E-state index in [0.717, 1.165) is 54.3 Å². The van der Waals surface area contributed by atoms with E-state index in [1.165, 1.54) is 57.8 Å². The van der Waals surface area contributed by atoms with Crippen molar-refractivity contribution >= 4 is 0 Å². The van der Waals surface area contributed by atoms with Gasteiger partial charge in [0, 0.05) is 0 Å².